The van der Waals surface area contributed by atoms with Gasteiger partial charge in [-0.05, 0) is 98.4 Å². The molecule has 0 spiro atoms. The average molecular weight is 860 g/mol. The number of thiophene rings is 1. The average Bonchev–Trinajstić information content (AvgIpc) is 3.96. The van der Waals surface area contributed by atoms with Crippen molar-refractivity contribution in [1.82, 2.24) is 19.8 Å². The molecule has 5 aromatic rings. The quantitative estimate of drug-likeness (QED) is 0.174. The lowest BCUT2D eigenvalue weighted by Gasteiger charge is -2.42. The van der Waals surface area contributed by atoms with Crippen molar-refractivity contribution in [3.8, 4) is 23.2 Å². The zero-order valence-corrected chi connectivity index (χ0v) is 36.0. The third-order valence-electron chi connectivity index (χ3n) is 12.1. The predicted molar refractivity (Wildman–Crippen MR) is 225 cm³/mol. The Bertz CT molecular complexity index is 2650. The van der Waals surface area contributed by atoms with E-state index >= 15 is 8.78 Å². The van der Waals surface area contributed by atoms with Gasteiger partial charge in [0.15, 0.2) is 5.82 Å². The van der Waals surface area contributed by atoms with E-state index in [2.05, 4.69) is 16.3 Å². The van der Waals surface area contributed by atoms with Crippen LogP contribution in [0, 0.1) is 29.9 Å². The maximum Gasteiger partial charge on any atom is 0.412 e. The molecule has 3 aromatic heterocycles. The highest BCUT2D eigenvalue weighted by Crippen LogP contribution is 2.49. The van der Waals surface area contributed by atoms with Gasteiger partial charge in [-0.15, -0.1) is 11.3 Å². The van der Waals surface area contributed by atoms with Crippen LogP contribution < -0.4 is 15.0 Å². The van der Waals surface area contributed by atoms with Gasteiger partial charge >= 0.3 is 18.2 Å². The molecule has 4 saturated heterocycles. The van der Waals surface area contributed by atoms with Gasteiger partial charge in [-0.25, -0.2) is 22.8 Å². The molecule has 4 aliphatic rings. The highest BCUT2D eigenvalue weighted by Gasteiger charge is 2.50. The molecular weight excluding hydrogens is 812 g/mol. The number of ether oxygens (including phenoxy) is 3. The van der Waals surface area contributed by atoms with Crippen molar-refractivity contribution >= 4 is 66.3 Å². The van der Waals surface area contributed by atoms with Crippen LogP contribution in [0.1, 0.15) is 85.0 Å². The molecule has 2 aromatic carbocycles. The number of aromatic nitrogens is 2. The molecular formula is C44H48F3N7O6S. The summed E-state index contributed by atoms with van der Waals surface area (Å²) in [4.78, 5) is 42.0. The number of furan rings is 1. The molecule has 0 aliphatic carbocycles. The lowest BCUT2D eigenvalue weighted by molar-refractivity contribution is 0.0122. The van der Waals surface area contributed by atoms with Crippen molar-refractivity contribution in [3.63, 3.8) is 0 Å². The number of nitrogens with one attached hydrogen (secondary N) is 1. The van der Waals surface area contributed by atoms with Gasteiger partial charge in [0.2, 0.25) is 0 Å². The van der Waals surface area contributed by atoms with Gasteiger partial charge in [-0.2, -0.15) is 15.2 Å². The number of alkyl halides is 1. The fourth-order valence-electron chi connectivity index (χ4n) is 9.78. The molecule has 322 valence electrons. The van der Waals surface area contributed by atoms with Gasteiger partial charge in [0.25, 0.3) is 0 Å². The summed E-state index contributed by atoms with van der Waals surface area (Å²) in [5.41, 5.74) is -2.04. The van der Waals surface area contributed by atoms with Gasteiger partial charge in [0, 0.05) is 36.8 Å². The van der Waals surface area contributed by atoms with Crippen molar-refractivity contribution < 1.29 is 41.4 Å². The zero-order chi connectivity index (χ0) is 43.3. The van der Waals surface area contributed by atoms with Crippen molar-refractivity contribution in [2.45, 2.75) is 116 Å². The maximum absolute atomic E-state index is 18.0. The van der Waals surface area contributed by atoms with Crippen molar-refractivity contribution in [2.24, 2.45) is 0 Å². The number of nitrogens with zero attached hydrogens (tertiary/aromatic N) is 6. The molecule has 61 heavy (non-hydrogen) atoms. The smallest absolute Gasteiger partial charge is 0.412 e. The van der Waals surface area contributed by atoms with E-state index in [0.29, 0.717) is 48.4 Å². The first-order valence-corrected chi connectivity index (χ1v) is 21.5. The largest absolute Gasteiger partial charge is 0.461 e. The molecule has 7 heterocycles. The van der Waals surface area contributed by atoms with Crippen LogP contribution in [-0.4, -0.2) is 99.7 Å². The van der Waals surface area contributed by atoms with Gasteiger partial charge in [0.1, 0.15) is 63.5 Å². The van der Waals surface area contributed by atoms with Crippen molar-refractivity contribution in [2.75, 3.05) is 43.0 Å². The molecule has 4 atom stereocenters. The highest BCUT2D eigenvalue weighted by molar-refractivity contribution is 7.23. The van der Waals surface area contributed by atoms with Gasteiger partial charge in [-0.1, -0.05) is 6.07 Å². The van der Waals surface area contributed by atoms with Crippen LogP contribution in [0.2, 0.25) is 0 Å². The zero-order valence-electron chi connectivity index (χ0n) is 35.2. The summed E-state index contributed by atoms with van der Waals surface area (Å²) in [5, 5.41) is 14.0. The minimum Gasteiger partial charge on any atom is -0.461 e. The number of rotatable bonds is 6. The Balaban J connectivity index is 1.21. The number of anilines is 2. The number of hydrogen-bond acceptors (Lipinski definition) is 12. The normalized spacial score (nSPS) is 22.9. The Kier molecular flexibility index (Phi) is 9.85. The molecule has 2 amide bonds. The molecule has 4 fully saturated rings. The fourth-order valence-corrected chi connectivity index (χ4v) is 10.8. The summed E-state index contributed by atoms with van der Waals surface area (Å²) in [5.74, 6) is -0.665. The van der Waals surface area contributed by atoms with Crippen molar-refractivity contribution in [1.29, 1.82) is 5.26 Å². The molecule has 13 nitrogen and oxygen atoms in total. The molecule has 0 radical (unpaired) electrons. The first-order chi connectivity index (χ1) is 28.8. The number of carbonyl (C=O) groups is 2. The van der Waals surface area contributed by atoms with E-state index in [0.717, 1.165) is 43.6 Å². The summed E-state index contributed by atoms with van der Waals surface area (Å²) in [6.07, 6.45) is 1.21. The molecule has 17 heteroatoms. The summed E-state index contributed by atoms with van der Waals surface area (Å²) < 4.78 is 72.4. The van der Waals surface area contributed by atoms with E-state index < -0.39 is 40.6 Å². The third kappa shape index (κ3) is 7.24. The number of halogens is 3. The van der Waals surface area contributed by atoms with Crippen LogP contribution in [0.3, 0.4) is 0 Å². The second-order valence-electron chi connectivity index (χ2n) is 18.7. The Morgan fingerprint density at radius 2 is 1.77 bits per heavy atom. The van der Waals surface area contributed by atoms with Gasteiger partial charge in [0.05, 0.1) is 38.8 Å². The number of amides is 2. The number of aryl methyl sites for hydroxylation is 1. The summed E-state index contributed by atoms with van der Waals surface area (Å²) >= 11 is 0.837. The van der Waals surface area contributed by atoms with Crippen LogP contribution in [0.15, 0.2) is 22.6 Å². The van der Waals surface area contributed by atoms with E-state index in [4.69, 9.17) is 28.6 Å². The minimum atomic E-state index is -0.992. The molecule has 0 saturated carbocycles. The topological polar surface area (TPSA) is 146 Å². The number of carbonyl (C=O) groups excluding carboxylic acids is 2. The van der Waals surface area contributed by atoms with E-state index in [-0.39, 0.29) is 73.7 Å². The monoisotopic (exact) mass is 859 g/mol. The first-order valence-electron chi connectivity index (χ1n) is 20.7. The first kappa shape index (κ1) is 41.0. The number of nitriles is 1. The molecule has 4 aliphatic heterocycles. The minimum absolute atomic E-state index is 0.0184. The summed E-state index contributed by atoms with van der Waals surface area (Å²) in [6, 6.07) is 5.92. The van der Waals surface area contributed by atoms with E-state index in [9.17, 15) is 19.2 Å². The lowest BCUT2D eigenvalue weighted by atomic mass is 9.95. The molecule has 2 bridgehead atoms. The van der Waals surface area contributed by atoms with Crippen LogP contribution in [-0.2, 0) is 9.47 Å². The predicted octanol–water partition coefficient (Wildman–Crippen LogP) is 9.61. The SMILES string of the molecule is Cc1cc2c(o1)c(-c1ccc(F)c3sc(NC(=O)OC(C)(C)C)c(C#N)c13)c(F)c1nc(OC[C@@]34CCCN3C[C@H](F)C4)nc(N3C[C@H]4CC[C@@H](C3)N4C(=O)OC(C)(C)C)c12. The van der Waals surface area contributed by atoms with Crippen molar-refractivity contribution in [3.05, 3.63) is 41.2 Å². The summed E-state index contributed by atoms with van der Waals surface area (Å²) in [6.45, 7) is 14.2. The third-order valence-corrected chi connectivity index (χ3v) is 13.2. The number of piperazine rings is 1. The molecule has 9 rings (SSSR count). The Hall–Kier alpha value is -5.34. The van der Waals surface area contributed by atoms with Crippen LogP contribution >= 0.6 is 11.3 Å². The van der Waals surface area contributed by atoms with Gasteiger partial charge < -0.3 is 23.5 Å². The Morgan fingerprint density at radius 1 is 1.05 bits per heavy atom. The maximum atomic E-state index is 18.0. The van der Waals surface area contributed by atoms with Crippen LogP contribution in [0.4, 0.5) is 33.6 Å². The standard InChI is InChI=1S/C44H48F3N7O6S/c1-22-15-27-32-34(33(47)31(35(27)58-22)26-11-12-29(46)36-30(26)28(17-48)38(61-36)51-40(55)59-42(2,3)4)49-39(57-21-44-13-8-14-53(44)18-23(45)16-44)50-37(32)52-19-24-9-10-25(20-52)54(24)41(56)60-43(5,6)7/h11-12,15,23-25H,8-10,13-14,16,18-21H2,1-7H3,(H,51,55)/t23-,24-,25+,44+/m1/s1. The second-order valence-corrected chi connectivity index (χ2v) is 19.7. The fraction of sp³-hybridized carbons (Fsp3) is 0.523. The molecule has 0 unspecified atom stereocenters. The highest BCUT2D eigenvalue weighted by atomic mass is 32.1. The Labute approximate surface area is 354 Å². The van der Waals surface area contributed by atoms with Crippen LogP contribution in [0.25, 0.3) is 43.1 Å². The van der Waals surface area contributed by atoms with Crippen LogP contribution in [0.5, 0.6) is 6.01 Å². The lowest BCUT2D eigenvalue weighted by Crippen LogP contribution is -2.57. The summed E-state index contributed by atoms with van der Waals surface area (Å²) in [7, 11) is 0. The van der Waals surface area contributed by atoms with E-state index in [1.807, 2.05) is 25.7 Å². The van der Waals surface area contributed by atoms with E-state index in [1.165, 1.54) is 12.1 Å². The molecule has 1 N–H and O–H groups in total. The van der Waals surface area contributed by atoms with E-state index in [1.54, 1.807) is 38.7 Å². The number of fused-ring (bicyclic) bond motifs is 7. The Morgan fingerprint density at radius 3 is 2.46 bits per heavy atom. The number of hydrogen-bond donors (Lipinski definition) is 1. The number of benzene rings is 2. The van der Waals surface area contributed by atoms with Gasteiger partial charge in [-0.3, -0.25) is 15.1 Å². The second kappa shape index (κ2) is 14.6.